The van der Waals surface area contributed by atoms with Crippen molar-refractivity contribution in [3.8, 4) is 0 Å². The van der Waals surface area contributed by atoms with Crippen molar-refractivity contribution in [1.82, 2.24) is 0 Å². The second-order valence-electron chi connectivity index (χ2n) is 2.49. The van der Waals surface area contributed by atoms with Crippen LogP contribution in [-0.2, 0) is 0 Å². The molecule has 0 unspecified atom stereocenters. The van der Waals surface area contributed by atoms with E-state index in [0.29, 0.717) is 6.54 Å². The predicted molar refractivity (Wildman–Crippen MR) is 49.1 cm³/mol. The molecule has 1 nitrogen and oxygen atoms in total. The minimum Gasteiger partial charge on any atom is -0.327 e. The van der Waals surface area contributed by atoms with Crippen LogP contribution in [0.5, 0.6) is 0 Å². The molecule has 1 aromatic rings. The van der Waals surface area contributed by atoms with Crippen LogP contribution in [-0.4, -0.2) is 6.54 Å². The van der Waals surface area contributed by atoms with Gasteiger partial charge in [-0.15, -0.1) is 0 Å². The molecule has 1 rings (SSSR count). The van der Waals surface area contributed by atoms with Crippen molar-refractivity contribution in [3.63, 3.8) is 0 Å². The minimum absolute atomic E-state index is 0.612. The summed E-state index contributed by atoms with van der Waals surface area (Å²) in [5.41, 5.74) is 7.88. The maximum atomic E-state index is 5.39. The van der Waals surface area contributed by atoms with E-state index in [1.165, 1.54) is 11.1 Å². The van der Waals surface area contributed by atoms with E-state index >= 15 is 0 Å². The molecule has 1 heteroatoms. The SMILES string of the molecule is C/C(=C\CN)c1ccccc1. The van der Waals surface area contributed by atoms with Gasteiger partial charge in [0.25, 0.3) is 0 Å². The molecule has 0 saturated heterocycles. The average Bonchev–Trinajstić information content (AvgIpc) is 2.07. The topological polar surface area (TPSA) is 26.0 Å². The molecule has 0 aliphatic carbocycles. The number of hydrogen-bond donors (Lipinski definition) is 1. The predicted octanol–water partition coefficient (Wildman–Crippen LogP) is 2.05. The lowest BCUT2D eigenvalue weighted by atomic mass is 10.1. The van der Waals surface area contributed by atoms with Crippen LogP contribution in [0.1, 0.15) is 12.5 Å². The molecular weight excluding hydrogens is 134 g/mol. The number of benzene rings is 1. The van der Waals surface area contributed by atoms with Crippen LogP contribution in [0.25, 0.3) is 5.57 Å². The van der Waals surface area contributed by atoms with E-state index in [9.17, 15) is 0 Å². The maximum Gasteiger partial charge on any atom is 0.0112 e. The van der Waals surface area contributed by atoms with Gasteiger partial charge in [0.2, 0.25) is 0 Å². The lowest BCUT2D eigenvalue weighted by molar-refractivity contribution is 1.25. The monoisotopic (exact) mass is 147 g/mol. The molecule has 0 bridgehead atoms. The van der Waals surface area contributed by atoms with Crippen LogP contribution in [0.15, 0.2) is 36.4 Å². The number of nitrogens with two attached hydrogens (primary N) is 1. The highest BCUT2D eigenvalue weighted by Crippen LogP contribution is 2.11. The van der Waals surface area contributed by atoms with E-state index in [4.69, 9.17) is 5.73 Å². The van der Waals surface area contributed by atoms with Gasteiger partial charge >= 0.3 is 0 Å². The zero-order valence-corrected chi connectivity index (χ0v) is 6.75. The van der Waals surface area contributed by atoms with E-state index < -0.39 is 0 Å². The quantitative estimate of drug-likeness (QED) is 0.680. The summed E-state index contributed by atoms with van der Waals surface area (Å²) in [6.07, 6.45) is 2.02. The normalized spacial score (nSPS) is 11.6. The third-order valence-corrected chi connectivity index (χ3v) is 1.65. The van der Waals surface area contributed by atoms with E-state index in [0.717, 1.165) is 0 Å². The zero-order chi connectivity index (χ0) is 8.10. The van der Waals surface area contributed by atoms with Gasteiger partial charge in [0.05, 0.1) is 0 Å². The smallest absolute Gasteiger partial charge is 0.0112 e. The van der Waals surface area contributed by atoms with E-state index in [2.05, 4.69) is 19.1 Å². The number of rotatable bonds is 2. The van der Waals surface area contributed by atoms with E-state index in [1.54, 1.807) is 0 Å². The fourth-order valence-electron chi connectivity index (χ4n) is 0.996. The second kappa shape index (κ2) is 3.94. The summed E-state index contributed by atoms with van der Waals surface area (Å²) in [7, 11) is 0. The van der Waals surface area contributed by atoms with Gasteiger partial charge in [-0.2, -0.15) is 0 Å². The molecule has 0 radical (unpaired) electrons. The molecule has 0 aliphatic rings. The molecule has 0 atom stereocenters. The highest BCUT2D eigenvalue weighted by molar-refractivity contribution is 5.63. The Morgan fingerprint density at radius 2 is 2.00 bits per heavy atom. The van der Waals surface area contributed by atoms with Gasteiger partial charge in [0.15, 0.2) is 0 Å². The fraction of sp³-hybridized carbons (Fsp3) is 0.200. The number of hydrogen-bond acceptors (Lipinski definition) is 1. The van der Waals surface area contributed by atoms with Crippen molar-refractivity contribution in [2.45, 2.75) is 6.92 Å². The lowest BCUT2D eigenvalue weighted by Crippen LogP contribution is -1.94. The molecular formula is C10H13N. The molecule has 11 heavy (non-hydrogen) atoms. The van der Waals surface area contributed by atoms with Crippen molar-refractivity contribution in [1.29, 1.82) is 0 Å². The first-order chi connectivity index (χ1) is 5.34. The van der Waals surface area contributed by atoms with E-state index in [-0.39, 0.29) is 0 Å². The highest BCUT2D eigenvalue weighted by atomic mass is 14.5. The summed E-state index contributed by atoms with van der Waals surface area (Å²) in [6, 6.07) is 10.2. The molecule has 0 heterocycles. The van der Waals surface area contributed by atoms with Crippen molar-refractivity contribution < 1.29 is 0 Å². The van der Waals surface area contributed by atoms with Crippen LogP contribution in [0.2, 0.25) is 0 Å². The highest BCUT2D eigenvalue weighted by Gasteiger charge is 1.90. The Labute approximate surface area is 67.5 Å². The number of allylic oxidation sites excluding steroid dienone is 1. The summed E-state index contributed by atoms with van der Waals surface area (Å²) >= 11 is 0. The van der Waals surface area contributed by atoms with Gasteiger partial charge in [-0.05, 0) is 18.1 Å². The Kier molecular flexibility index (Phi) is 2.87. The van der Waals surface area contributed by atoms with Gasteiger partial charge in [0, 0.05) is 6.54 Å². The van der Waals surface area contributed by atoms with Crippen molar-refractivity contribution >= 4 is 5.57 Å². The van der Waals surface area contributed by atoms with Crippen LogP contribution < -0.4 is 5.73 Å². The van der Waals surface area contributed by atoms with Gasteiger partial charge in [-0.1, -0.05) is 36.4 Å². The Morgan fingerprint density at radius 3 is 2.55 bits per heavy atom. The maximum absolute atomic E-state index is 5.39. The third-order valence-electron chi connectivity index (χ3n) is 1.65. The first-order valence-electron chi connectivity index (χ1n) is 3.77. The molecule has 0 amide bonds. The summed E-state index contributed by atoms with van der Waals surface area (Å²) in [5, 5.41) is 0. The molecule has 0 aromatic heterocycles. The second-order valence-corrected chi connectivity index (χ2v) is 2.49. The third kappa shape index (κ3) is 2.20. The van der Waals surface area contributed by atoms with Crippen molar-refractivity contribution in [3.05, 3.63) is 42.0 Å². The first-order valence-corrected chi connectivity index (χ1v) is 3.77. The standard InChI is InChI=1S/C10H13N/c1-9(7-8-11)10-5-3-2-4-6-10/h2-7H,8,11H2,1H3/b9-7+. The Morgan fingerprint density at radius 1 is 1.36 bits per heavy atom. The Hall–Kier alpha value is -1.08. The largest absolute Gasteiger partial charge is 0.327 e. The molecule has 0 spiro atoms. The van der Waals surface area contributed by atoms with Crippen LogP contribution in [0.3, 0.4) is 0 Å². The lowest BCUT2D eigenvalue weighted by Gasteiger charge is -1.98. The Bertz CT molecular complexity index is 236. The summed E-state index contributed by atoms with van der Waals surface area (Å²) in [5.74, 6) is 0. The Balaban J connectivity index is 2.85. The molecule has 2 N–H and O–H groups in total. The average molecular weight is 147 g/mol. The summed E-state index contributed by atoms with van der Waals surface area (Å²) < 4.78 is 0. The van der Waals surface area contributed by atoms with Crippen LogP contribution >= 0.6 is 0 Å². The van der Waals surface area contributed by atoms with Gasteiger partial charge in [0.1, 0.15) is 0 Å². The molecule has 1 aromatic carbocycles. The van der Waals surface area contributed by atoms with E-state index in [1.807, 2.05) is 24.3 Å². The first kappa shape index (κ1) is 8.02. The van der Waals surface area contributed by atoms with Crippen molar-refractivity contribution in [2.75, 3.05) is 6.54 Å². The van der Waals surface area contributed by atoms with Gasteiger partial charge in [-0.3, -0.25) is 0 Å². The van der Waals surface area contributed by atoms with Crippen LogP contribution in [0.4, 0.5) is 0 Å². The van der Waals surface area contributed by atoms with Gasteiger partial charge < -0.3 is 5.73 Å². The zero-order valence-electron chi connectivity index (χ0n) is 6.75. The fourth-order valence-corrected chi connectivity index (χ4v) is 0.996. The molecule has 0 saturated carbocycles. The summed E-state index contributed by atoms with van der Waals surface area (Å²) in [4.78, 5) is 0. The molecule has 58 valence electrons. The minimum atomic E-state index is 0.612. The molecule has 0 fully saturated rings. The van der Waals surface area contributed by atoms with Gasteiger partial charge in [-0.25, -0.2) is 0 Å². The summed E-state index contributed by atoms with van der Waals surface area (Å²) in [6.45, 7) is 2.68. The molecule has 0 aliphatic heterocycles. The van der Waals surface area contributed by atoms with Crippen molar-refractivity contribution in [2.24, 2.45) is 5.73 Å². The van der Waals surface area contributed by atoms with Crippen LogP contribution in [0, 0.1) is 0 Å².